The Kier molecular flexibility index (Phi) is 4.58. The first-order valence-electron chi connectivity index (χ1n) is 8.62. The van der Waals surface area contributed by atoms with Gasteiger partial charge < -0.3 is 13.8 Å². The van der Waals surface area contributed by atoms with Gasteiger partial charge in [-0.3, -0.25) is 0 Å². The van der Waals surface area contributed by atoms with Crippen molar-refractivity contribution in [2.45, 2.75) is 13.5 Å². The first-order valence-corrected chi connectivity index (χ1v) is 8.62. The summed E-state index contributed by atoms with van der Waals surface area (Å²) in [4.78, 5) is 12.2. The van der Waals surface area contributed by atoms with Crippen LogP contribution < -0.4 is 0 Å². The summed E-state index contributed by atoms with van der Waals surface area (Å²) in [7, 11) is 0. The second kappa shape index (κ2) is 7.33. The lowest BCUT2D eigenvalue weighted by Crippen LogP contribution is -2.05. The molecule has 0 fully saturated rings. The highest BCUT2D eigenvalue weighted by Gasteiger charge is 2.11. The van der Waals surface area contributed by atoms with Crippen molar-refractivity contribution in [3.05, 3.63) is 95.9 Å². The van der Waals surface area contributed by atoms with Crippen LogP contribution in [0, 0.1) is 6.92 Å². The molecule has 27 heavy (non-hydrogen) atoms. The van der Waals surface area contributed by atoms with Gasteiger partial charge in [0, 0.05) is 29.7 Å². The van der Waals surface area contributed by atoms with Gasteiger partial charge in [0.1, 0.15) is 12.3 Å². The molecule has 0 amide bonds. The summed E-state index contributed by atoms with van der Waals surface area (Å²) >= 11 is 0. The van der Waals surface area contributed by atoms with Gasteiger partial charge in [0.25, 0.3) is 0 Å². The molecule has 0 N–H and O–H groups in total. The van der Waals surface area contributed by atoms with Gasteiger partial charge in [-0.05, 0) is 43.3 Å². The van der Waals surface area contributed by atoms with Crippen molar-refractivity contribution >= 4 is 5.97 Å². The zero-order chi connectivity index (χ0) is 18.6. The van der Waals surface area contributed by atoms with E-state index in [0.29, 0.717) is 17.0 Å². The second-order valence-corrected chi connectivity index (χ2v) is 6.26. The summed E-state index contributed by atoms with van der Waals surface area (Å²) in [5, 5.41) is 3.97. The molecule has 0 atom stereocenters. The van der Waals surface area contributed by atoms with Crippen LogP contribution >= 0.6 is 0 Å². The van der Waals surface area contributed by atoms with Crippen LogP contribution in [0.5, 0.6) is 0 Å². The number of carbonyl (C=O) groups is 1. The van der Waals surface area contributed by atoms with Crippen LogP contribution in [0.15, 0.2) is 83.6 Å². The minimum absolute atomic E-state index is 0.0630. The molecule has 0 aliphatic heterocycles. The zero-order valence-electron chi connectivity index (χ0n) is 14.8. The standard InChI is InChI=1S/C22H18N2O3/c1-16-4-6-17(7-5-16)21-14-19(23-27-21)15-26-22(25)18-8-10-20(11-9-18)24-12-2-3-13-24/h2-14H,15H2,1H3. The van der Waals surface area contributed by atoms with Gasteiger partial charge in [-0.25, -0.2) is 4.79 Å². The predicted octanol–water partition coefficient (Wildman–Crippen LogP) is 4.80. The molecular formula is C22H18N2O3. The first kappa shape index (κ1) is 16.8. The van der Waals surface area contributed by atoms with Gasteiger partial charge in [-0.1, -0.05) is 35.0 Å². The average molecular weight is 358 g/mol. The highest BCUT2D eigenvalue weighted by atomic mass is 16.5. The monoisotopic (exact) mass is 358 g/mol. The van der Waals surface area contributed by atoms with E-state index in [2.05, 4.69) is 5.16 Å². The molecule has 0 aliphatic carbocycles. The summed E-state index contributed by atoms with van der Waals surface area (Å²) in [6, 6.07) is 20.9. The Morgan fingerprint density at radius 3 is 2.44 bits per heavy atom. The number of carbonyl (C=O) groups excluding carboxylic acids is 1. The topological polar surface area (TPSA) is 57.3 Å². The number of esters is 1. The molecule has 0 unspecified atom stereocenters. The quantitative estimate of drug-likeness (QED) is 0.481. The Bertz CT molecular complexity index is 1030. The van der Waals surface area contributed by atoms with Crippen molar-refractivity contribution in [1.82, 2.24) is 9.72 Å². The van der Waals surface area contributed by atoms with Crippen molar-refractivity contribution in [3.63, 3.8) is 0 Å². The van der Waals surface area contributed by atoms with Crippen LogP contribution in [0.1, 0.15) is 21.6 Å². The highest BCUT2D eigenvalue weighted by molar-refractivity contribution is 5.89. The third-order valence-corrected chi connectivity index (χ3v) is 4.25. The van der Waals surface area contributed by atoms with Gasteiger partial charge in [0.2, 0.25) is 0 Å². The molecule has 0 aliphatic rings. The second-order valence-electron chi connectivity index (χ2n) is 6.26. The predicted molar refractivity (Wildman–Crippen MR) is 102 cm³/mol. The molecule has 2 heterocycles. The minimum atomic E-state index is -0.394. The van der Waals surface area contributed by atoms with Crippen molar-refractivity contribution < 1.29 is 14.1 Å². The summed E-state index contributed by atoms with van der Waals surface area (Å²) in [5.41, 5.74) is 4.16. The van der Waals surface area contributed by atoms with Crippen molar-refractivity contribution in [2.24, 2.45) is 0 Å². The summed E-state index contributed by atoms with van der Waals surface area (Å²) < 4.78 is 12.7. The molecule has 2 aromatic heterocycles. The SMILES string of the molecule is Cc1ccc(-c2cc(COC(=O)c3ccc(-n4cccc4)cc3)no2)cc1. The zero-order valence-corrected chi connectivity index (χ0v) is 14.8. The van der Waals surface area contributed by atoms with Gasteiger partial charge in [0.15, 0.2) is 5.76 Å². The van der Waals surface area contributed by atoms with Crippen LogP contribution in [-0.4, -0.2) is 15.7 Å². The van der Waals surface area contributed by atoms with E-state index in [0.717, 1.165) is 11.3 Å². The van der Waals surface area contributed by atoms with Crippen molar-refractivity contribution in [1.29, 1.82) is 0 Å². The fourth-order valence-corrected chi connectivity index (χ4v) is 2.73. The molecule has 5 heteroatoms. The van der Waals surface area contributed by atoms with E-state index in [9.17, 15) is 4.79 Å². The Labute approximate surface area is 156 Å². The number of hydrogen-bond acceptors (Lipinski definition) is 4. The number of aromatic nitrogens is 2. The maximum absolute atomic E-state index is 12.2. The third kappa shape index (κ3) is 3.82. The largest absolute Gasteiger partial charge is 0.455 e. The summed E-state index contributed by atoms with van der Waals surface area (Å²) in [6.45, 7) is 2.09. The molecule has 5 nitrogen and oxygen atoms in total. The lowest BCUT2D eigenvalue weighted by molar-refractivity contribution is 0.0464. The van der Waals surface area contributed by atoms with Crippen LogP contribution in [0.25, 0.3) is 17.0 Å². The Morgan fingerprint density at radius 2 is 1.74 bits per heavy atom. The maximum Gasteiger partial charge on any atom is 0.338 e. The van der Waals surface area contributed by atoms with Crippen LogP contribution in [0.2, 0.25) is 0 Å². The number of ether oxygens (including phenoxy) is 1. The van der Waals surface area contributed by atoms with Gasteiger partial charge in [0.05, 0.1) is 5.56 Å². The Hall–Kier alpha value is -3.60. The van der Waals surface area contributed by atoms with E-state index in [1.165, 1.54) is 5.56 Å². The third-order valence-electron chi connectivity index (χ3n) is 4.25. The fraction of sp³-hybridized carbons (Fsp3) is 0.0909. The number of nitrogens with zero attached hydrogens (tertiary/aromatic N) is 2. The smallest absolute Gasteiger partial charge is 0.338 e. The van der Waals surface area contributed by atoms with Gasteiger partial charge in [-0.15, -0.1) is 0 Å². The average Bonchev–Trinajstić information content (AvgIpc) is 3.39. The van der Waals surface area contributed by atoms with Gasteiger partial charge >= 0.3 is 5.97 Å². The highest BCUT2D eigenvalue weighted by Crippen LogP contribution is 2.21. The molecule has 4 rings (SSSR count). The lowest BCUT2D eigenvalue weighted by Gasteiger charge is -2.05. The molecule has 0 saturated carbocycles. The summed E-state index contributed by atoms with van der Waals surface area (Å²) in [5.74, 6) is 0.256. The molecule has 4 aromatic rings. The molecule has 0 spiro atoms. The number of rotatable bonds is 5. The van der Waals surface area contributed by atoms with E-state index >= 15 is 0 Å². The van der Waals surface area contributed by atoms with Crippen molar-refractivity contribution in [3.8, 4) is 17.0 Å². The van der Waals surface area contributed by atoms with Gasteiger partial charge in [-0.2, -0.15) is 0 Å². The first-order chi connectivity index (χ1) is 13.2. The molecule has 134 valence electrons. The molecule has 0 bridgehead atoms. The van der Waals surface area contributed by atoms with Crippen LogP contribution in [0.4, 0.5) is 0 Å². The van der Waals surface area contributed by atoms with Crippen LogP contribution in [0.3, 0.4) is 0 Å². The Morgan fingerprint density at radius 1 is 1.04 bits per heavy atom. The number of aryl methyl sites for hydroxylation is 1. The molecular weight excluding hydrogens is 340 g/mol. The molecule has 2 aromatic carbocycles. The van der Waals surface area contributed by atoms with Crippen molar-refractivity contribution in [2.75, 3.05) is 0 Å². The minimum Gasteiger partial charge on any atom is -0.455 e. The van der Waals surface area contributed by atoms with E-state index < -0.39 is 5.97 Å². The molecule has 0 saturated heterocycles. The fourth-order valence-electron chi connectivity index (χ4n) is 2.73. The van der Waals surface area contributed by atoms with E-state index in [1.807, 2.05) is 72.4 Å². The summed E-state index contributed by atoms with van der Waals surface area (Å²) in [6.07, 6.45) is 3.90. The Balaban J connectivity index is 1.38. The number of benzene rings is 2. The van der Waals surface area contributed by atoms with E-state index in [-0.39, 0.29) is 6.61 Å². The lowest BCUT2D eigenvalue weighted by atomic mass is 10.1. The van der Waals surface area contributed by atoms with E-state index in [4.69, 9.17) is 9.26 Å². The van der Waals surface area contributed by atoms with Crippen LogP contribution in [-0.2, 0) is 11.3 Å². The van der Waals surface area contributed by atoms with E-state index in [1.54, 1.807) is 18.2 Å². The normalized spacial score (nSPS) is 10.7. The molecule has 0 radical (unpaired) electrons. The maximum atomic E-state index is 12.2. The number of hydrogen-bond donors (Lipinski definition) is 0.